The molecule has 1 aliphatic heterocycles. The van der Waals surface area contributed by atoms with Gasteiger partial charge >= 0.3 is 5.97 Å². The second kappa shape index (κ2) is 8.79. The van der Waals surface area contributed by atoms with Crippen molar-refractivity contribution in [3.05, 3.63) is 70.8 Å². The molecule has 4 rings (SSSR count). The number of aromatic carboxylic acids is 1. The highest BCUT2D eigenvalue weighted by Crippen LogP contribution is 2.33. The van der Waals surface area contributed by atoms with Crippen LogP contribution in [-0.4, -0.2) is 41.0 Å². The zero-order valence-electron chi connectivity index (χ0n) is 16.8. The fraction of sp³-hybridized carbons (Fsp3) is 0.375. The van der Waals surface area contributed by atoms with E-state index in [1.807, 2.05) is 30.3 Å². The number of benzene rings is 2. The summed E-state index contributed by atoms with van der Waals surface area (Å²) in [5, 5.41) is 9.23. The molecule has 0 unspecified atom stereocenters. The summed E-state index contributed by atoms with van der Waals surface area (Å²) in [5.41, 5.74) is 1.17. The third kappa shape index (κ3) is 4.00. The number of ether oxygens (including phenoxy) is 1. The lowest BCUT2D eigenvalue weighted by Crippen LogP contribution is -2.37. The molecular weight excluding hydrogens is 382 g/mol. The first-order chi connectivity index (χ1) is 14.6. The first kappa shape index (κ1) is 20.3. The monoisotopic (exact) mass is 407 g/mol. The van der Waals surface area contributed by atoms with Crippen LogP contribution in [0.5, 0.6) is 0 Å². The topological polar surface area (TPSA) is 83.9 Å². The Bertz CT molecular complexity index is 949. The number of carboxylic acids is 1. The zero-order valence-corrected chi connectivity index (χ0v) is 16.8. The van der Waals surface area contributed by atoms with Crippen molar-refractivity contribution < 1.29 is 24.2 Å². The Morgan fingerprint density at radius 1 is 1.00 bits per heavy atom. The second-order valence-electron chi connectivity index (χ2n) is 8.01. The highest BCUT2D eigenvalue weighted by atomic mass is 16.5. The number of fused-ring (bicyclic) bond motifs is 1. The maximum Gasteiger partial charge on any atom is 0.335 e. The molecule has 2 amide bonds. The molecule has 1 heterocycles. The Hall–Kier alpha value is -2.99. The van der Waals surface area contributed by atoms with Gasteiger partial charge in [-0.05, 0) is 42.5 Å². The van der Waals surface area contributed by atoms with E-state index in [0.717, 1.165) is 18.4 Å². The van der Waals surface area contributed by atoms with Gasteiger partial charge in [-0.3, -0.25) is 14.5 Å². The van der Waals surface area contributed by atoms with E-state index in [1.54, 1.807) is 0 Å². The summed E-state index contributed by atoms with van der Waals surface area (Å²) in [4.78, 5) is 38.7. The predicted octanol–water partition coefficient (Wildman–Crippen LogP) is 4.32. The van der Waals surface area contributed by atoms with Gasteiger partial charge in [0.2, 0.25) is 0 Å². The highest BCUT2D eigenvalue weighted by molar-refractivity contribution is 6.22. The number of carboxylic acid groups (broad SMARTS) is 1. The summed E-state index contributed by atoms with van der Waals surface area (Å²) in [6.07, 6.45) is 6.03. The van der Waals surface area contributed by atoms with Crippen molar-refractivity contribution in [1.82, 2.24) is 4.90 Å². The maximum atomic E-state index is 13.1. The summed E-state index contributed by atoms with van der Waals surface area (Å²) < 4.78 is 6.02. The van der Waals surface area contributed by atoms with Crippen molar-refractivity contribution in [3.63, 3.8) is 0 Å². The minimum atomic E-state index is -1.13. The maximum absolute atomic E-state index is 13.1. The molecule has 1 fully saturated rings. The predicted molar refractivity (Wildman–Crippen MR) is 110 cm³/mol. The van der Waals surface area contributed by atoms with E-state index in [9.17, 15) is 19.5 Å². The lowest BCUT2D eigenvalue weighted by molar-refractivity contribution is 0.0286. The van der Waals surface area contributed by atoms with Crippen LogP contribution in [0.2, 0.25) is 0 Å². The van der Waals surface area contributed by atoms with Gasteiger partial charge in [-0.2, -0.15) is 0 Å². The van der Waals surface area contributed by atoms with Gasteiger partial charge in [0.15, 0.2) is 0 Å². The van der Waals surface area contributed by atoms with E-state index >= 15 is 0 Å². The molecule has 30 heavy (non-hydrogen) atoms. The van der Waals surface area contributed by atoms with Gasteiger partial charge in [-0.25, -0.2) is 4.79 Å². The third-order valence-corrected chi connectivity index (χ3v) is 6.01. The molecule has 1 saturated carbocycles. The lowest BCUT2D eigenvalue weighted by Gasteiger charge is -2.28. The van der Waals surface area contributed by atoms with Crippen LogP contribution in [0.25, 0.3) is 0 Å². The molecule has 156 valence electrons. The Morgan fingerprint density at radius 2 is 1.70 bits per heavy atom. The molecule has 2 aromatic rings. The van der Waals surface area contributed by atoms with Crippen molar-refractivity contribution in [1.29, 1.82) is 0 Å². The average Bonchev–Trinajstić information content (AvgIpc) is 3.02. The average molecular weight is 407 g/mol. The Kier molecular flexibility index (Phi) is 5.95. The molecule has 0 saturated heterocycles. The van der Waals surface area contributed by atoms with E-state index in [-0.39, 0.29) is 23.3 Å². The van der Waals surface area contributed by atoms with E-state index in [1.165, 1.54) is 42.4 Å². The highest BCUT2D eigenvalue weighted by Gasteiger charge is 2.41. The molecule has 1 atom stereocenters. The van der Waals surface area contributed by atoms with Gasteiger partial charge in [0.1, 0.15) is 0 Å². The van der Waals surface area contributed by atoms with Gasteiger partial charge < -0.3 is 9.84 Å². The molecular formula is C24H25NO5. The van der Waals surface area contributed by atoms with E-state index < -0.39 is 23.8 Å². The van der Waals surface area contributed by atoms with Gasteiger partial charge in [-0.1, -0.05) is 49.6 Å². The fourth-order valence-corrected chi connectivity index (χ4v) is 4.37. The fourth-order valence-electron chi connectivity index (χ4n) is 4.37. The Balaban J connectivity index is 1.57. The molecule has 0 radical (unpaired) electrons. The number of carbonyl (C=O) groups excluding carboxylic acids is 2. The molecule has 1 N–H and O–H groups in total. The summed E-state index contributed by atoms with van der Waals surface area (Å²) in [6.45, 7) is 0.841. The minimum Gasteiger partial charge on any atom is -0.478 e. The van der Waals surface area contributed by atoms with Crippen LogP contribution < -0.4 is 0 Å². The molecule has 0 aromatic heterocycles. The number of hydrogen-bond acceptors (Lipinski definition) is 4. The van der Waals surface area contributed by atoms with Crippen LogP contribution in [0.3, 0.4) is 0 Å². The van der Waals surface area contributed by atoms with Crippen LogP contribution in [0.15, 0.2) is 48.5 Å². The lowest BCUT2D eigenvalue weighted by atomic mass is 9.90. The number of rotatable bonds is 7. The molecule has 1 aliphatic carbocycles. The van der Waals surface area contributed by atoms with Crippen LogP contribution in [-0.2, 0) is 4.74 Å². The quantitative estimate of drug-likeness (QED) is 0.691. The van der Waals surface area contributed by atoms with Crippen LogP contribution in [0, 0.1) is 5.92 Å². The Morgan fingerprint density at radius 3 is 2.40 bits per heavy atom. The van der Waals surface area contributed by atoms with Crippen molar-refractivity contribution >= 4 is 17.8 Å². The number of imide groups is 1. The van der Waals surface area contributed by atoms with Gasteiger partial charge in [0.25, 0.3) is 11.8 Å². The van der Waals surface area contributed by atoms with E-state index in [2.05, 4.69) is 0 Å². The normalized spacial score (nSPS) is 17.8. The first-order valence-corrected chi connectivity index (χ1v) is 10.4. The molecule has 6 heteroatoms. The summed E-state index contributed by atoms with van der Waals surface area (Å²) in [6, 6.07) is 12.9. The van der Waals surface area contributed by atoms with Gasteiger partial charge in [0, 0.05) is 6.61 Å². The number of carbonyl (C=O) groups is 3. The molecule has 2 aliphatic rings. The van der Waals surface area contributed by atoms with Gasteiger partial charge in [0.05, 0.1) is 29.3 Å². The van der Waals surface area contributed by atoms with Crippen molar-refractivity contribution in [3.8, 4) is 0 Å². The van der Waals surface area contributed by atoms with Crippen LogP contribution in [0.1, 0.15) is 74.8 Å². The number of amides is 2. The first-order valence-electron chi connectivity index (χ1n) is 10.4. The third-order valence-electron chi connectivity index (χ3n) is 6.01. The van der Waals surface area contributed by atoms with E-state index in [0.29, 0.717) is 12.5 Å². The van der Waals surface area contributed by atoms with Crippen LogP contribution >= 0.6 is 0 Å². The summed E-state index contributed by atoms with van der Waals surface area (Å²) in [5.74, 6) is -1.50. The smallest absolute Gasteiger partial charge is 0.335 e. The number of nitrogens with zero attached hydrogens (tertiary/aromatic N) is 1. The molecule has 0 bridgehead atoms. The van der Waals surface area contributed by atoms with Crippen LogP contribution in [0.4, 0.5) is 0 Å². The summed E-state index contributed by atoms with van der Waals surface area (Å²) >= 11 is 0. The van der Waals surface area contributed by atoms with Crippen molar-refractivity contribution in [2.45, 2.75) is 38.1 Å². The molecule has 2 aromatic carbocycles. The van der Waals surface area contributed by atoms with Crippen molar-refractivity contribution in [2.24, 2.45) is 5.92 Å². The largest absolute Gasteiger partial charge is 0.478 e. The van der Waals surface area contributed by atoms with E-state index in [4.69, 9.17) is 4.74 Å². The zero-order chi connectivity index (χ0) is 21.1. The molecule has 6 nitrogen and oxygen atoms in total. The SMILES string of the molecule is O=C(O)c1ccc2c(c1)C(=O)N([C@H](COCC1CCCCC1)c1ccccc1)C2=O. The summed E-state index contributed by atoms with van der Waals surface area (Å²) in [7, 11) is 0. The second-order valence-corrected chi connectivity index (χ2v) is 8.01. The minimum absolute atomic E-state index is 0.0124. The standard InChI is InChI=1S/C24H25NO5/c26-22-19-12-11-18(24(28)29)13-20(19)23(27)25(22)21(17-9-5-2-6-10-17)15-30-14-16-7-3-1-4-8-16/h2,5-6,9-13,16,21H,1,3-4,7-8,14-15H2,(H,28,29)/t21-/m1/s1. The van der Waals surface area contributed by atoms with Crippen molar-refractivity contribution in [2.75, 3.05) is 13.2 Å². The molecule has 0 spiro atoms. The Labute approximate surface area is 175 Å². The van der Waals surface area contributed by atoms with Gasteiger partial charge in [-0.15, -0.1) is 0 Å². The number of hydrogen-bond donors (Lipinski definition) is 1.